The van der Waals surface area contributed by atoms with E-state index >= 15 is 0 Å². The SMILES string of the molecule is CN(Cc1ccccc1F)C(=O)CSc1nc(N)c(C#N)cc1C#N. The van der Waals surface area contributed by atoms with E-state index in [4.69, 9.17) is 16.3 Å². The second-order valence-corrected chi connectivity index (χ2v) is 6.09. The molecule has 1 aromatic carbocycles. The van der Waals surface area contributed by atoms with E-state index < -0.39 is 0 Å². The molecule has 2 rings (SSSR count). The summed E-state index contributed by atoms with van der Waals surface area (Å²) in [4.78, 5) is 17.6. The second-order valence-electron chi connectivity index (χ2n) is 5.13. The summed E-state index contributed by atoms with van der Waals surface area (Å²) in [6.07, 6.45) is 0. The predicted octanol–water partition coefficient (Wildman–Crippen LogP) is 2.30. The summed E-state index contributed by atoms with van der Waals surface area (Å²) >= 11 is 1.05. The van der Waals surface area contributed by atoms with Crippen LogP contribution in [0.15, 0.2) is 35.4 Å². The van der Waals surface area contributed by atoms with Crippen molar-refractivity contribution in [2.45, 2.75) is 11.6 Å². The summed E-state index contributed by atoms with van der Waals surface area (Å²) < 4.78 is 13.6. The van der Waals surface area contributed by atoms with Gasteiger partial charge in [0.05, 0.1) is 16.9 Å². The van der Waals surface area contributed by atoms with E-state index in [0.717, 1.165) is 11.8 Å². The lowest BCUT2D eigenvalue weighted by Crippen LogP contribution is -2.28. The zero-order valence-electron chi connectivity index (χ0n) is 13.4. The first-order valence-electron chi connectivity index (χ1n) is 7.17. The molecular formula is C17H14FN5OS. The van der Waals surface area contributed by atoms with Crippen LogP contribution in [-0.2, 0) is 11.3 Å². The van der Waals surface area contributed by atoms with Gasteiger partial charge in [0.1, 0.15) is 28.8 Å². The fraction of sp³-hybridized carbons (Fsp3) is 0.176. The van der Waals surface area contributed by atoms with Crippen molar-refractivity contribution in [1.82, 2.24) is 9.88 Å². The third-order valence-corrected chi connectivity index (χ3v) is 4.36. The molecule has 1 heterocycles. The molecule has 2 N–H and O–H groups in total. The number of nitrogen functional groups attached to an aromatic ring is 1. The standard InChI is InChI=1S/C17H14FN5OS/c1-23(9-11-4-2-3-5-14(11)18)15(24)10-25-17-13(8-20)6-12(7-19)16(21)22-17/h2-6H,9-10H2,1H3,(H2,21,22). The monoisotopic (exact) mass is 355 g/mol. The highest BCUT2D eigenvalue weighted by molar-refractivity contribution is 8.00. The Kier molecular flexibility index (Phi) is 5.93. The van der Waals surface area contributed by atoms with Crippen LogP contribution >= 0.6 is 11.8 Å². The van der Waals surface area contributed by atoms with Crippen LogP contribution in [0.5, 0.6) is 0 Å². The quantitative estimate of drug-likeness (QED) is 0.825. The van der Waals surface area contributed by atoms with Crippen molar-refractivity contribution in [3.8, 4) is 12.1 Å². The van der Waals surface area contributed by atoms with Crippen LogP contribution in [0.1, 0.15) is 16.7 Å². The molecule has 0 spiro atoms. The number of nitrogens with two attached hydrogens (primary N) is 1. The molecule has 8 heteroatoms. The lowest BCUT2D eigenvalue weighted by atomic mass is 10.2. The summed E-state index contributed by atoms with van der Waals surface area (Å²) in [5.41, 5.74) is 6.36. The van der Waals surface area contributed by atoms with Gasteiger partial charge in [-0.2, -0.15) is 10.5 Å². The number of thioether (sulfide) groups is 1. The number of benzene rings is 1. The number of hydrogen-bond acceptors (Lipinski definition) is 6. The first-order valence-corrected chi connectivity index (χ1v) is 8.15. The maximum Gasteiger partial charge on any atom is 0.233 e. The molecular weight excluding hydrogens is 341 g/mol. The highest BCUT2D eigenvalue weighted by Crippen LogP contribution is 2.24. The van der Waals surface area contributed by atoms with Crippen molar-refractivity contribution in [2.24, 2.45) is 0 Å². The molecule has 0 fully saturated rings. The van der Waals surface area contributed by atoms with Crippen molar-refractivity contribution < 1.29 is 9.18 Å². The molecule has 0 bridgehead atoms. The number of nitriles is 2. The summed E-state index contributed by atoms with van der Waals surface area (Å²) in [6.45, 7) is 0.139. The van der Waals surface area contributed by atoms with E-state index in [0.29, 0.717) is 5.56 Å². The number of carbonyl (C=O) groups is 1. The maximum atomic E-state index is 13.6. The van der Waals surface area contributed by atoms with Crippen LogP contribution in [0.4, 0.5) is 10.2 Å². The van der Waals surface area contributed by atoms with Gasteiger partial charge in [-0.25, -0.2) is 9.37 Å². The van der Waals surface area contributed by atoms with Gasteiger partial charge in [-0.3, -0.25) is 4.79 Å². The molecule has 6 nitrogen and oxygen atoms in total. The number of carbonyl (C=O) groups excluding carboxylic acids is 1. The Labute approximate surface area is 148 Å². The average molecular weight is 355 g/mol. The lowest BCUT2D eigenvalue weighted by molar-refractivity contribution is -0.127. The molecule has 1 amide bonds. The van der Waals surface area contributed by atoms with E-state index in [9.17, 15) is 9.18 Å². The second kappa shape index (κ2) is 8.13. The molecule has 0 saturated carbocycles. The van der Waals surface area contributed by atoms with Crippen molar-refractivity contribution in [3.05, 3.63) is 52.8 Å². The van der Waals surface area contributed by atoms with E-state index in [-0.39, 0.29) is 46.0 Å². The van der Waals surface area contributed by atoms with Crippen LogP contribution in [0.3, 0.4) is 0 Å². The largest absolute Gasteiger partial charge is 0.383 e. The predicted molar refractivity (Wildman–Crippen MR) is 91.7 cm³/mol. The summed E-state index contributed by atoms with van der Waals surface area (Å²) in [6, 6.07) is 11.4. The van der Waals surface area contributed by atoms with Crippen molar-refractivity contribution >= 4 is 23.5 Å². The van der Waals surface area contributed by atoms with Crippen LogP contribution in [-0.4, -0.2) is 28.6 Å². The molecule has 126 valence electrons. The minimum atomic E-state index is -0.372. The molecule has 0 aliphatic rings. The Hall–Kier alpha value is -3.10. The Balaban J connectivity index is 2.05. The molecule has 1 aromatic heterocycles. The van der Waals surface area contributed by atoms with Gasteiger partial charge in [0, 0.05) is 19.2 Å². The zero-order valence-corrected chi connectivity index (χ0v) is 14.2. The number of pyridine rings is 1. The fourth-order valence-corrected chi connectivity index (χ4v) is 2.90. The maximum absolute atomic E-state index is 13.6. The van der Waals surface area contributed by atoms with E-state index in [2.05, 4.69) is 4.98 Å². The lowest BCUT2D eigenvalue weighted by Gasteiger charge is -2.17. The van der Waals surface area contributed by atoms with Crippen LogP contribution in [0.25, 0.3) is 0 Å². The smallest absolute Gasteiger partial charge is 0.233 e. The third kappa shape index (κ3) is 4.46. The minimum absolute atomic E-state index is 0.0103. The molecule has 25 heavy (non-hydrogen) atoms. The zero-order chi connectivity index (χ0) is 18.4. The normalized spacial score (nSPS) is 9.92. The number of rotatable bonds is 5. The van der Waals surface area contributed by atoms with Crippen LogP contribution < -0.4 is 5.73 Å². The number of anilines is 1. The van der Waals surface area contributed by atoms with Gasteiger partial charge in [0.25, 0.3) is 0 Å². The van der Waals surface area contributed by atoms with Crippen molar-refractivity contribution in [1.29, 1.82) is 10.5 Å². The number of nitrogens with zero attached hydrogens (tertiary/aromatic N) is 4. The van der Waals surface area contributed by atoms with Crippen LogP contribution in [0.2, 0.25) is 0 Å². The van der Waals surface area contributed by atoms with E-state index in [1.807, 2.05) is 12.1 Å². The van der Waals surface area contributed by atoms with Gasteiger partial charge >= 0.3 is 0 Å². The highest BCUT2D eigenvalue weighted by atomic mass is 32.2. The van der Waals surface area contributed by atoms with Gasteiger partial charge in [-0.15, -0.1) is 0 Å². The topological polar surface area (TPSA) is 107 Å². The molecule has 0 unspecified atom stereocenters. The van der Waals surface area contributed by atoms with Crippen molar-refractivity contribution in [3.63, 3.8) is 0 Å². The van der Waals surface area contributed by atoms with Gasteiger partial charge < -0.3 is 10.6 Å². The number of aromatic nitrogens is 1. The molecule has 2 aromatic rings. The van der Waals surface area contributed by atoms with Crippen molar-refractivity contribution in [2.75, 3.05) is 18.5 Å². The first kappa shape index (κ1) is 18.2. The molecule has 0 aliphatic heterocycles. The number of hydrogen-bond donors (Lipinski definition) is 1. The van der Waals surface area contributed by atoms with Gasteiger partial charge in [-0.05, 0) is 12.1 Å². The molecule has 0 saturated heterocycles. The molecule has 0 aliphatic carbocycles. The third-order valence-electron chi connectivity index (χ3n) is 3.38. The van der Waals surface area contributed by atoms with Gasteiger partial charge in [-0.1, -0.05) is 30.0 Å². The Morgan fingerprint density at radius 2 is 2.00 bits per heavy atom. The number of amides is 1. The first-order chi connectivity index (χ1) is 12.0. The summed E-state index contributed by atoms with van der Waals surface area (Å²) in [7, 11) is 1.57. The Bertz CT molecular complexity index is 888. The highest BCUT2D eigenvalue weighted by Gasteiger charge is 2.15. The molecule has 0 atom stereocenters. The van der Waals surface area contributed by atoms with Gasteiger partial charge in [0.15, 0.2) is 0 Å². The summed E-state index contributed by atoms with van der Waals surface area (Å²) in [5, 5.41) is 18.3. The molecule has 0 radical (unpaired) electrons. The Morgan fingerprint density at radius 3 is 2.64 bits per heavy atom. The van der Waals surface area contributed by atoms with Gasteiger partial charge in [0.2, 0.25) is 5.91 Å². The average Bonchev–Trinajstić information content (AvgIpc) is 2.61. The number of halogens is 1. The van der Waals surface area contributed by atoms with E-state index in [1.165, 1.54) is 17.0 Å². The van der Waals surface area contributed by atoms with Crippen LogP contribution in [0, 0.1) is 28.5 Å². The summed E-state index contributed by atoms with van der Waals surface area (Å²) in [5.74, 6) is -0.598. The minimum Gasteiger partial charge on any atom is -0.383 e. The fourth-order valence-electron chi connectivity index (χ4n) is 2.00. The van der Waals surface area contributed by atoms with E-state index in [1.54, 1.807) is 25.2 Å². The Morgan fingerprint density at radius 1 is 1.32 bits per heavy atom.